The van der Waals surface area contributed by atoms with Crippen LogP contribution in [0.5, 0.6) is 0 Å². The first-order valence-electron chi connectivity index (χ1n) is 11.7. The number of carboxylic acids is 1. The predicted octanol–water partition coefficient (Wildman–Crippen LogP) is 4.69. The van der Waals surface area contributed by atoms with Gasteiger partial charge in [0, 0.05) is 36.6 Å². The van der Waals surface area contributed by atoms with Gasteiger partial charge in [0.2, 0.25) is 5.95 Å². The number of benzene rings is 1. The summed E-state index contributed by atoms with van der Waals surface area (Å²) in [5.41, 5.74) is 6.54. The van der Waals surface area contributed by atoms with Gasteiger partial charge in [0.1, 0.15) is 6.61 Å². The standard InChI is InChI=1S/C27H29FN4O3/c1-3-20-12-21(5-6-23(20)15-32-11-10-24(16-32)27(33)34)18(2)31-35-17-19-4-8-25(29-13-19)22-7-9-26(28)30-14-22/h4-9,12-14,24H,3,10-11,15-17H2,1-2H3,(H,33,34)/b31-18+/t24-/m0/s1. The molecule has 1 atom stereocenters. The first-order chi connectivity index (χ1) is 16.9. The second-order valence-electron chi connectivity index (χ2n) is 8.77. The number of aryl methyl sites for hydroxylation is 1. The number of rotatable bonds is 9. The van der Waals surface area contributed by atoms with Crippen LogP contribution in [0.25, 0.3) is 11.3 Å². The summed E-state index contributed by atoms with van der Waals surface area (Å²) in [5, 5.41) is 13.5. The van der Waals surface area contributed by atoms with Crippen LogP contribution in [0, 0.1) is 11.9 Å². The molecule has 1 fully saturated rings. The van der Waals surface area contributed by atoms with Crippen molar-refractivity contribution in [3.63, 3.8) is 0 Å². The molecule has 1 aliphatic rings. The fourth-order valence-corrected chi connectivity index (χ4v) is 4.22. The summed E-state index contributed by atoms with van der Waals surface area (Å²) in [6.45, 7) is 6.49. The molecular formula is C27H29FN4O3. The van der Waals surface area contributed by atoms with Gasteiger partial charge in [-0.3, -0.25) is 14.7 Å². The molecule has 3 heterocycles. The summed E-state index contributed by atoms with van der Waals surface area (Å²) in [4.78, 5) is 27.1. The van der Waals surface area contributed by atoms with Crippen molar-refractivity contribution in [2.75, 3.05) is 13.1 Å². The predicted molar refractivity (Wildman–Crippen MR) is 131 cm³/mol. The Morgan fingerprint density at radius 1 is 1.17 bits per heavy atom. The Morgan fingerprint density at radius 3 is 2.69 bits per heavy atom. The Hall–Kier alpha value is -3.65. The molecule has 35 heavy (non-hydrogen) atoms. The van der Waals surface area contributed by atoms with Gasteiger partial charge in [0.25, 0.3) is 0 Å². The van der Waals surface area contributed by atoms with E-state index in [1.807, 2.05) is 25.1 Å². The van der Waals surface area contributed by atoms with Crippen molar-refractivity contribution in [2.24, 2.45) is 11.1 Å². The summed E-state index contributed by atoms with van der Waals surface area (Å²) in [6, 6.07) is 13.0. The average molecular weight is 477 g/mol. The Labute approximate surface area is 204 Å². The first kappa shape index (κ1) is 24.5. The van der Waals surface area contributed by atoms with Crippen LogP contribution in [-0.4, -0.2) is 44.7 Å². The normalized spacial score (nSPS) is 16.4. The molecule has 3 aromatic rings. The average Bonchev–Trinajstić information content (AvgIpc) is 3.34. The summed E-state index contributed by atoms with van der Waals surface area (Å²) >= 11 is 0. The summed E-state index contributed by atoms with van der Waals surface area (Å²) in [6.07, 6.45) is 4.75. The molecule has 0 amide bonds. The minimum atomic E-state index is -0.706. The van der Waals surface area contributed by atoms with E-state index in [4.69, 9.17) is 4.84 Å². The lowest BCUT2D eigenvalue weighted by Crippen LogP contribution is -2.23. The molecule has 1 aliphatic heterocycles. The van der Waals surface area contributed by atoms with E-state index in [2.05, 4.69) is 39.1 Å². The lowest BCUT2D eigenvalue weighted by atomic mass is 9.99. The van der Waals surface area contributed by atoms with Crippen LogP contribution >= 0.6 is 0 Å². The Morgan fingerprint density at radius 2 is 2.03 bits per heavy atom. The maximum absolute atomic E-state index is 13.0. The molecule has 7 nitrogen and oxygen atoms in total. The highest BCUT2D eigenvalue weighted by Gasteiger charge is 2.28. The SMILES string of the molecule is CCc1cc(/C(C)=N/OCc2ccc(-c3ccc(F)nc3)nc2)ccc1CN1CC[C@H](C(=O)O)C1. The number of likely N-dealkylation sites (tertiary alicyclic amines) is 1. The second-order valence-corrected chi connectivity index (χ2v) is 8.77. The van der Waals surface area contributed by atoms with Gasteiger partial charge >= 0.3 is 5.97 Å². The zero-order chi connectivity index (χ0) is 24.8. The van der Waals surface area contributed by atoms with Crippen LogP contribution in [-0.2, 0) is 29.2 Å². The number of hydrogen-bond donors (Lipinski definition) is 1. The smallest absolute Gasteiger partial charge is 0.307 e. The van der Waals surface area contributed by atoms with Crippen molar-refractivity contribution in [3.8, 4) is 11.3 Å². The monoisotopic (exact) mass is 476 g/mol. The molecule has 1 aromatic carbocycles. The van der Waals surface area contributed by atoms with E-state index in [9.17, 15) is 14.3 Å². The van der Waals surface area contributed by atoms with Gasteiger partial charge in [-0.05, 0) is 67.3 Å². The van der Waals surface area contributed by atoms with E-state index >= 15 is 0 Å². The quantitative estimate of drug-likeness (QED) is 0.274. The highest BCUT2D eigenvalue weighted by molar-refractivity contribution is 5.98. The molecule has 0 aliphatic carbocycles. The van der Waals surface area contributed by atoms with Gasteiger partial charge in [0.05, 0.1) is 17.3 Å². The van der Waals surface area contributed by atoms with Gasteiger partial charge in [-0.15, -0.1) is 0 Å². The summed E-state index contributed by atoms with van der Waals surface area (Å²) < 4.78 is 13.0. The summed E-state index contributed by atoms with van der Waals surface area (Å²) in [5.74, 6) is -1.49. The molecule has 1 N–H and O–H groups in total. The fraction of sp³-hybridized carbons (Fsp3) is 0.333. The van der Waals surface area contributed by atoms with Crippen molar-refractivity contribution >= 4 is 11.7 Å². The van der Waals surface area contributed by atoms with E-state index in [0.29, 0.717) is 18.7 Å². The van der Waals surface area contributed by atoms with Crippen LogP contribution < -0.4 is 0 Å². The van der Waals surface area contributed by atoms with Crippen molar-refractivity contribution < 1.29 is 19.1 Å². The second kappa shape index (κ2) is 11.2. The molecule has 4 rings (SSSR count). The topological polar surface area (TPSA) is 87.9 Å². The highest BCUT2D eigenvalue weighted by atomic mass is 19.1. The number of pyridine rings is 2. The van der Waals surface area contributed by atoms with Gasteiger partial charge in [-0.1, -0.05) is 30.3 Å². The number of hydrogen-bond acceptors (Lipinski definition) is 6. The van der Waals surface area contributed by atoms with E-state index in [-0.39, 0.29) is 12.5 Å². The molecule has 0 saturated carbocycles. The minimum Gasteiger partial charge on any atom is -0.481 e. The number of halogens is 1. The van der Waals surface area contributed by atoms with Crippen LogP contribution in [0.4, 0.5) is 4.39 Å². The van der Waals surface area contributed by atoms with Crippen molar-refractivity contribution in [1.29, 1.82) is 0 Å². The zero-order valence-electron chi connectivity index (χ0n) is 19.9. The van der Waals surface area contributed by atoms with Crippen LogP contribution in [0.3, 0.4) is 0 Å². The number of aliphatic carboxylic acids is 1. The lowest BCUT2D eigenvalue weighted by molar-refractivity contribution is -0.141. The third-order valence-electron chi connectivity index (χ3n) is 6.30. The van der Waals surface area contributed by atoms with Gasteiger partial charge in [-0.25, -0.2) is 4.98 Å². The number of aromatic nitrogens is 2. The number of nitrogens with zero attached hydrogens (tertiary/aromatic N) is 4. The first-order valence-corrected chi connectivity index (χ1v) is 11.7. The molecular weight excluding hydrogens is 447 g/mol. The molecule has 2 aromatic heterocycles. The summed E-state index contributed by atoms with van der Waals surface area (Å²) in [7, 11) is 0. The van der Waals surface area contributed by atoms with E-state index < -0.39 is 11.9 Å². The van der Waals surface area contributed by atoms with Crippen LogP contribution in [0.15, 0.2) is 60.0 Å². The maximum atomic E-state index is 13.0. The molecule has 1 saturated heterocycles. The largest absolute Gasteiger partial charge is 0.481 e. The van der Waals surface area contributed by atoms with Gasteiger partial charge < -0.3 is 9.94 Å². The molecule has 8 heteroatoms. The molecule has 0 bridgehead atoms. The van der Waals surface area contributed by atoms with Crippen LogP contribution in [0.2, 0.25) is 0 Å². The van der Waals surface area contributed by atoms with Gasteiger partial charge in [-0.2, -0.15) is 4.39 Å². The molecule has 182 valence electrons. The Kier molecular flexibility index (Phi) is 7.82. The van der Waals surface area contributed by atoms with Crippen LogP contribution in [0.1, 0.15) is 42.5 Å². The Balaban J connectivity index is 1.35. The molecule has 0 spiro atoms. The highest BCUT2D eigenvalue weighted by Crippen LogP contribution is 2.22. The maximum Gasteiger partial charge on any atom is 0.307 e. The van der Waals surface area contributed by atoms with Gasteiger partial charge in [0.15, 0.2) is 0 Å². The minimum absolute atomic E-state index is 0.266. The van der Waals surface area contributed by atoms with Crippen molar-refractivity contribution in [1.82, 2.24) is 14.9 Å². The third kappa shape index (κ3) is 6.27. The van der Waals surface area contributed by atoms with Crippen molar-refractivity contribution in [3.05, 3.63) is 83.1 Å². The lowest BCUT2D eigenvalue weighted by Gasteiger charge is -2.18. The number of carbonyl (C=O) groups is 1. The fourth-order valence-electron chi connectivity index (χ4n) is 4.22. The van der Waals surface area contributed by atoms with E-state index in [0.717, 1.165) is 41.9 Å². The van der Waals surface area contributed by atoms with Crippen molar-refractivity contribution in [2.45, 2.75) is 39.8 Å². The van der Waals surface area contributed by atoms with E-state index in [1.54, 1.807) is 12.3 Å². The third-order valence-corrected chi connectivity index (χ3v) is 6.30. The Bertz CT molecular complexity index is 1200. The molecule has 0 radical (unpaired) electrons. The molecule has 0 unspecified atom stereocenters. The van der Waals surface area contributed by atoms with E-state index in [1.165, 1.54) is 23.4 Å². The number of oxime groups is 1. The number of carboxylic acid groups (broad SMARTS) is 1. The zero-order valence-corrected chi connectivity index (χ0v) is 19.9.